The molecule has 0 aliphatic heterocycles. The number of hydrogen-bond donors (Lipinski definition) is 0. The molecule has 3 aromatic heterocycles. The first-order valence-corrected chi connectivity index (χ1v) is 18.0. The van der Waals surface area contributed by atoms with Crippen LogP contribution in [0, 0.1) is 29.4 Å². The molecule has 0 bridgehead atoms. The average Bonchev–Trinajstić information content (AvgIpc) is 3.86. The molecule has 1 aliphatic carbocycles. The van der Waals surface area contributed by atoms with Gasteiger partial charge in [0.25, 0.3) is 0 Å². The third-order valence-corrected chi connectivity index (χ3v) is 10.9. The number of nitriles is 1. The zero-order valence-electron chi connectivity index (χ0n) is 28.7. The Morgan fingerprint density at radius 3 is 1.62 bits per heavy atom. The van der Waals surface area contributed by atoms with E-state index in [0.29, 0.717) is 6.42 Å². The van der Waals surface area contributed by atoms with E-state index in [-0.39, 0.29) is 5.92 Å². The molecule has 7 aromatic carbocycles. The minimum Gasteiger partial charge on any atom is -0.310 e. The Morgan fingerprint density at radius 1 is 0.509 bits per heavy atom. The highest BCUT2D eigenvalue weighted by Gasteiger charge is 2.25. The van der Waals surface area contributed by atoms with Gasteiger partial charge in [-0.2, -0.15) is 5.26 Å². The Bertz CT molecular complexity index is 3160. The fraction of sp³-hybridized carbons (Fsp3) is 0.0408. The third kappa shape index (κ3) is 4.24. The van der Waals surface area contributed by atoms with Crippen molar-refractivity contribution >= 4 is 76.7 Å². The molecule has 0 N–H and O–H groups in total. The molecule has 1 atom stereocenters. The number of hydrogen-bond acceptors (Lipinski definition) is 1. The Morgan fingerprint density at radius 2 is 1.00 bits per heavy atom. The van der Waals surface area contributed by atoms with E-state index in [0.717, 1.165) is 66.7 Å². The van der Waals surface area contributed by atoms with E-state index in [9.17, 15) is 5.26 Å². The van der Waals surface area contributed by atoms with Gasteiger partial charge < -0.3 is 13.7 Å². The van der Waals surface area contributed by atoms with Gasteiger partial charge in [-0.25, -0.2) is 0 Å². The lowest BCUT2D eigenvalue weighted by atomic mass is 9.88. The topological polar surface area (TPSA) is 38.6 Å². The first-order valence-electron chi connectivity index (χ1n) is 18.0. The van der Waals surface area contributed by atoms with Crippen LogP contribution in [0.25, 0.3) is 88.1 Å². The molecule has 0 fully saturated rings. The molecule has 1 aliphatic rings. The number of allylic oxidation sites excluding steroid dienone is 4. The summed E-state index contributed by atoms with van der Waals surface area (Å²) in [6.45, 7) is 0. The highest BCUT2D eigenvalue weighted by atomic mass is 15.0. The quantitative estimate of drug-likeness (QED) is 0.183. The van der Waals surface area contributed by atoms with Crippen molar-refractivity contribution in [1.82, 2.24) is 13.7 Å². The second kappa shape index (κ2) is 11.4. The lowest BCUT2D eigenvalue weighted by Gasteiger charge is -2.22. The van der Waals surface area contributed by atoms with Crippen LogP contribution in [0.5, 0.6) is 0 Å². The minimum atomic E-state index is -0.278. The number of rotatable bonds is 4. The third-order valence-electron chi connectivity index (χ3n) is 10.9. The summed E-state index contributed by atoms with van der Waals surface area (Å²) < 4.78 is 6.97. The van der Waals surface area contributed by atoms with Crippen molar-refractivity contribution in [2.24, 2.45) is 5.92 Å². The number of nitrogens with zero attached hydrogens (tertiary/aromatic N) is 4. The molecule has 0 saturated carbocycles. The molecule has 0 saturated heterocycles. The molecule has 0 radical (unpaired) electrons. The van der Waals surface area contributed by atoms with E-state index < -0.39 is 0 Å². The molecule has 10 aromatic rings. The van der Waals surface area contributed by atoms with Crippen molar-refractivity contribution in [3.8, 4) is 17.4 Å². The predicted molar refractivity (Wildman–Crippen MR) is 218 cm³/mol. The molecule has 4 nitrogen and oxygen atoms in total. The van der Waals surface area contributed by atoms with Gasteiger partial charge in [0.15, 0.2) is 0 Å². The maximum Gasteiger partial charge on any atom is 0.106 e. The van der Waals surface area contributed by atoms with Crippen LogP contribution < -0.4 is 0 Å². The lowest BCUT2D eigenvalue weighted by Crippen LogP contribution is -2.08. The summed E-state index contributed by atoms with van der Waals surface area (Å²) in [6, 6.07) is 63.5. The maximum atomic E-state index is 10.5. The van der Waals surface area contributed by atoms with Crippen molar-refractivity contribution in [1.29, 1.82) is 5.26 Å². The molecule has 1 unspecified atom stereocenters. The number of aromatic nitrogens is 3. The highest BCUT2D eigenvalue weighted by molar-refractivity contribution is 6.28. The number of fused-ring (bicyclic) bond motifs is 10. The van der Waals surface area contributed by atoms with Crippen molar-refractivity contribution in [2.75, 3.05) is 0 Å². The first-order chi connectivity index (χ1) is 26.3. The number of benzene rings is 6. The molecule has 0 amide bonds. The van der Waals surface area contributed by atoms with Crippen LogP contribution in [-0.2, 0) is 0 Å². The molecule has 3 heterocycles. The van der Waals surface area contributed by atoms with Crippen LogP contribution in [0.2, 0.25) is 0 Å². The van der Waals surface area contributed by atoms with Gasteiger partial charge in [0.1, 0.15) is 11.0 Å². The van der Waals surface area contributed by atoms with E-state index in [1.807, 2.05) is 0 Å². The van der Waals surface area contributed by atoms with Crippen LogP contribution in [0.15, 0.2) is 164 Å². The monoisotopic (exact) mass is 674 g/mol. The fourth-order valence-electron chi connectivity index (χ4n) is 8.77. The maximum absolute atomic E-state index is 10.5. The zero-order chi connectivity index (χ0) is 35.0. The van der Waals surface area contributed by atoms with E-state index >= 15 is 0 Å². The first kappa shape index (κ1) is 29.5. The Hall–Kier alpha value is -7.27. The van der Waals surface area contributed by atoms with E-state index in [4.69, 9.17) is 0 Å². The summed E-state index contributed by atoms with van der Waals surface area (Å²) in [7, 11) is 0. The normalized spacial score (nSPS) is 14.6. The van der Waals surface area contributed by atoms with Gasteiger partial charge >= 0.3 is 0 Å². The van der Waals surface area contributed by atoms with Gasteiger partial charge in [-0.15, -0.1) is 0 Å². The Kier molecular flexibility index (Phi) is 6.32. The summed E-state index contributed by atoms with van der Waals surface area (Å²) in [5, 5.41) is 17.6. The van der Waals surface area contributed by atoms with Gasteiger partial charge in [0.2, 0.25) is 0 Å². The van der Waals surface area contributed by atoms with E-state index in [1.165, 1.54) is 26.9 Å². The van der Waals surface area contributed by atoms with Crippen LogP contribution in [-0.4, -0.2) is 13.7 Å². The highest BCUT2D eigenvalue weighted by Crippen LogP contribution is 2.43. The van der Waals surface area contributed by atoms with Crippen LogP contribution in [0.1, 0.15) is 12.0 Å². The lowest BCUT2D eigenvalue weighted by molar-refractivity contribution is 0.847. The SMILES string of the molecule is N#CC1C=C(n2c3ccccc3c3ccccc32)C=C(c2ccccc2-n2c3c#cc4c(c5ccccc5n4-c4ccccc4)c3c3ccccc32)C1. The zero-order valence-corrected chi connectivity index (χ0v) is 28.7. The minimum absolute atomic E-state index is 0.278. The molecule has 4 heteroatoms. The summed E-state index contributed by atoms with van der Waals surface area (Å²) in [6.07, 6.45) is 5.05. The van der Waals surface area contributed by atoms with Crippen LogP contribution in [0.3, 0.4) is 0 Å². The summed E-state index contributed by atoms with van der Waals surface area (Å²) in [5.41, 5.74) is 11.9. The largest absolute Gasteiger partial charge is 0.310 e. The number of para-hydroxylation sites is 6. The fourth-order valence-corrected chi connectivity index (χ4v) is 8.77. The smallest absolute Gasteiger partial charge is 0.106 e. The standard InChI is InChI=1S/C49H30N4/c50-31-32-28-33(30-35(29-32)52-42-22-10-5-17-37(42)38-18-6-11-23-43(38)52)36-16-4-9-21-41(36)53-45-25-13-8-20-40(45)49-47(53)27-26-46-48(49)39-19-7-12-24-44(39)51(46)34-14-2-1-3-15-34/h1-25,29-30,32H,28H2. The van der Waals surface area contributed by atoms with Gasteiger partial charge in [-0.3, -0.25) is 0 Å². The second-order valence-electron chi connectivity index (χ2n) is 13.8. The van der Waals surface area contributed by atoms with E-state index in [2.05, 4.69) is 196 Å². The Balaban J connectivity index is 1.18. The van der Waals surface area contributed by atoms with Crippen molar-refractivity contribution < 1.29 is 0 Å². The van der Waals surface area contributed by atoms with E-state index in [1.54, 1.807) is 0 Å². The molecule has 11 rings (SSSR count). The molecular weight excluding hydrogens is 645 g/mol. The summed E-state index contributed by atoms with van der Waals surface area (Å²) in [4.78, 5) is 0. The average molecular weight is 675 g/mol. The summed E-state index contributed by atoms with van der Waals surface area (Å²) in [5.74, 6) is -0.278. The van der Waals surface area contributed by atoms with Gasteiger partial charge in [-0.05, 0) is 78.7 Å². The van der Waals surface area contributed by atoms with Gasteiger partial charge in [-0.1, -0.05) is 109 Å². The second-order valence-corrected chi connectivity index (χ2v) is 13.8. The van der Waals surface area contributed by atoms with Crippen molar-refractivity contribution in [3.05, 3.63) is 182 Å². The van der Waals surface area contributed by atoms with Gasteiger partial charge in [0.05, 0.1) is 39.7 Å². The Labute approximate surface area is 306 Å². The predicted octanol–water partition coefficient (Wildman–Crippen LogP) is 12.1. The molecular formula is C49H30N4. The van der Waals surface area contributed by atoms with Gasteiger partial charge in [0, 0.05) is 49.3 Å². The van der Waals surface area contributed by atoms with Crippen molar-refractivity contribution in [3.63, 3.8) is 0 Å². The molecule has 0 spiro atoms. The van der Waals surface area contributed by atoms with Crippen LogP contribution >= 0.6 is 0 Å². The molecule has 246 valence electrons. The van der Waals surface area contributed by atoms with Crippen molar-refractivity contribution in [2.45, 2.75) is 6.42 Å². The summed E-state index contributed by atoms with van der Waals surface area (Å²) >= 11 is 0. The van der Waals surface area contributed by atoms with Crippen LogP contribution in [0.4, 0.5) is 0 Å². The molecule has 53 heavy (non-hydrogen) atoms.